The number of hydrazine groups is 1. The van der Waals surface area contributed by atoms with Crippen molar-refractivity contribution < 1.29 is 9.21 Å². The Balaban J connectivity index is 1.82. The van der Waals surface area contributed by atoms with Crippen molar-refractivity contribution >= 4 is 28.5 Å². The lowest BCUT2D eigenvalue weighted by Gasteiger charge is -2.32. The first-order chi connectivity index (χ1) is 10.5. The van der Waals surface area contributed by atoms with Crippen LogP contribution < -0.4 is 10.9 Å². The van der Waals surface area contributed by atoms with Gasteiger partial charge in [0.05, 0.1) is 5.39 Å². The van der Waals surface area contributed by atoms with Gasteiger partial charge in [-0.15, -0.1) is 0 Å². The van der Waals surface area contributed by atoms with E-state index in [0.717, 1.165) is 26.2 Å². The molecule has 1 aromatic carbocycles. The smallest absolute Gasteiger partial charge is 0.301 e. The highest BCUT2D eigenvalue weighted by atomic mass is 35.5. The molecular formula is C15H16ClN3O3. The Bertz CT molecular complexity index is 766. The molecule has 1 aromatic heterocycles. The van der Waals surface area contributed by atoms with Crippen molar-refractivity contribution in [2.75, 3.05) is 33.2 Å². The molecule has 6 nitrogen and oxygen atoms in total. The highest BCUT2D eigenvalue weighted by Crippen LogP contribution is 2.17. The normalized spacial score (nSPS) is 16.8. The standard InChI is InChI=1S/C15H16ClN3O3/c1-18-4-6-19(7-5-18)17-15(21)14-9-12(20)11-8-10(16)2-3-13(11)22-14/h2-3,8-9H,4-7H2,1H3,(H,17,21). The van der Waals surface area contributed by atoms with Gasteiger partial charge in [0.1, 0.15) is 5.58 Å². The van der Waals surface area contributed by atoms with Gasteiger partial charge < -0.3 is 9.32 Å². The molecule has 22 heavy (non-hydrogen) atoms. The molecule has 1 fully saturated rings. The van der Waals surface area contributed by atoms with Crippen LogP contribution in [0.25, 0.3) is 11.0 Å². The highest BCUT2D eigenvalue weighted by Gasteiger charge is 2.19. The van der Waals surface area contributed by atoms with Gasteiger partial charge >= 0.3 is 5.91 Å². The minimum Gasteiger partial charge on any atom is -0.451 e. The minimum absolute atomic E-state index is 0.00116. The fourth-order valence-corrected chi connectivity index (χ4v) is 2.53. The Hall–Kier alpha value is -1.89. The number of halogens is 1. The van der Waals surface area contributed by atoms with Crippen molar-refractivity contribution in [1.82, 2.24) is 15.3 Å². The molecule has 1 N–H and O–H groups in total. The van der Waals surface area contributed by atoms with Crippen LogP contribution in [0.15, 0.2) is 33.5 Å². The van der Waals surface area contributed by atoms with E-state index in [1.165, 1.54) is 12.1 Å². The monoisotopic (exact) mass is 321 g/mol. The molecule has 116 valence electrons. The first-order valence-electron chi connectivity index (χ1n) is 7.01. The summed E-state index contributed by atoms with van der Waals surface area (Å²) in [6.07, 6.45) is 0. The van der Waals surface area contributed by atoms with E-state index in [9.17, 15) is 9.59 Å². The van der Waals surface area contributed by atoms with Gasteiger partial charge in [0.15, 0.2) is 11.2 Å². The predicted molar refractivity (Wildman–Crippen MR) is 84.0 cm³/mol. The van der Waals surface area contributed by atoms with Crippen LogP contribution in [0.3, 0.4) is 0 Å². The van der Waals surface area contributed by atoms with E-state index in [1.54, 1.807) is 12.1 Å². The quantitative estimate of drug-likeness (QED) is 0.904. The Morgan fingerprint density at radius 3 is 2.68 bits per heavy atom. The van der Waals surface area contributed by atoms with Gasteiger partial charge in [-0.1, -0.05) is 11.6 Å². The lowest BCUT2D eigenvalue weighted by Crippen LogP contribution is -2.52. The third-order valence-corrected chi connectivity index (χ3v) is 3.91. The van der Waals surface area contributed by atoms with Crippen LogP contribution in [-0.2, 0) is 0 Å². The van der Waals surface area contributed by atoms with E-state index in [2.05, 4.69) is 10.3 Å². The highest BCUT2D eigenvalue weighted by molar-refractivity contribution is 6.31. The fraction of sp³-hybridized carbons (Fsp3) is 0.333. The molecule has 0 unspecified atom stereocenters. The SMILES string of the molecule is CN1CCN(NC(=O)c2cc(=O)c3cc(Cl)ccc3o2)CC1. The lowest BCUT2D eigenvalue weighted by molar-refractivity contribution is 0.0637. The van der Waals surface area contributed by atoms with Crippen molar-refractivity contribution in [3.05, 3.63) is 45.3 Å². The molecule has 1 saturated heterocycles. The molecule has 0 spiro atoms. The number of likely N-dealkylation sites (N-methyl/N-ethyl adjacent to an activating group) is 1. The molecule has 1 amide bonds. The summed E-state index contributed by atoms with van der Waals surface area (Å²) in [5.41, 5.74) is 2.83. The number of rotatable bonds is 2. The van der Waals surface area contributed by atoms with Gasteiger partial charge in [-0.2, -0.15) is 0 Å². The third-order valence-electron chi connectivity index (χ3n) is 3.68. The van der Waals surface area contributed by atoms with E-state index in [4.69, 9.17) is 16.0 Å². The zero-order valence-electron chi connectivity index (χ0n) is 12.1. The molecule has 0 radical (unpaired) electrons. The molecule has 1 aliphatic heterocycles. The Labute approximate surface area is 132 Å². The van der Waals surface area contributed by atoms with Crippen LogP contribution in [0.4, 0.5) is 0 Å². The summed E-state index contributed by atoms with van der Waals surface area (Å²) in [5, 5.41) is 2.65. The van der Waals surface area contributed by atoms with E-state index in [1.807, 2.05) is 12.1 Å². The van der Waals surface area contributed by atoms with E-state index in [-0.39, 0.29) is 11.2 Å². The maximum absolute atomic E-state index is 12.2. The summed E-state index contributed by atoms with van der Waals surface area (Å²) >= 11 is 5.86. The first-order valence-corrected chi connectivity index (χ1v) is 7.38. The topological polar surface area (TPSA) is 65.8 Å². The second-order valence-corrected chi connectivity index (χ2v) is 5.78. The number of hydrogen-bond acceptors (Lipinski definition) is 5. The van der Waals surface area contributed by atoms with Crippen LogP contribution >= 0.6 is 11.6 Å². The molecular weight excluding hydrogens is 306 g/mol. The summed E-state index contributed by atoms with van der Waals surface area (Å²) in [4.78, 5) is 26.5. The molecule has 2 aromatic rings. The zero-order chi connectivity index (χ0) is 15.7. The first kappa shape index (κ1) is 15.0. The number of carbonyl (C=O) groups is 1. The number of piperazine rings is 1. The van der Waals surface area contributed by atoms with Crippen LogP contribution in [-0.4, -0.2) is 49.0 Å². The van der Waals surface area contributed by atoms with Crippen molar-refractivity contribution in [3.8, 4) is 0 Å². The second-order valence-electron chi connectivity index (χ2n) is 5.35. The van der Waals surface area contributed by atoms with Gasteiger partial charge in [-0.25, -0.2) is 5.01 Å². The fourth-order valence-electron chi connectivity index (χ4n) is 2.36. The molecule has 0 bridgehead atoms. The molecule has 7 heteroatoms. The summed E-state index contributed by atoms with van der Waals surface area (Å²) in [7, 11) is 2.03. The summed E-state index contributed by atoms with van der Waals surface area (Å²) in [6.45, 7) is 3.21. The predicted octanol–water partition coefficient (Wildman–Crippen LogP) is 1.34. The van der Waals surface area contributed by atoms with Gasteiger partial charge in [-0.05, 0) is 25.2 Å². The van der Waals surface area contributed by atoms with Crippen molar-refractivity contribution in [1.29, 1.82) is 0 Å². The van der Waals surface area contributed by atoms with Crippen LogP contribution in [0.2, 0.25) is 5.02 Å². The summed E-state index contributed by atoms with van der Waals surface area (Å²) < 4.78 is 5.51. The largest absolute Gasteiger partial charge is 0.451 e. The van der Waals surface area contributed by atoms with E-state index < -0.39 is 5.91 Å². The maximum atomic E-state index is 12.2. The second kappa shape index (κ2) is 6.08. The average Bonchev–Trinajstić information content (AvgIpc) is 2.50. The lowest BCUT2D eigenvalue weighted by atomic mass is 10.2. The maximum Gasteiger partial charge on any atom is 0.301 e. The van der Waals surface area contributed by atoms with Gasteiger partial charge in [0.2, 0.25) is 0 Å². The van der Waals surface area contributed by atoms with Gasteiger partial charge in [0, 0.05) is 37.3 Å². The number of hydrogen-bond donors (Lipinski definition) is 1. The molecule has 3 rings (SSSR count). The zero-order valence-corrected chi connectivity index (χ0v) is 12.9. The molecule has 0 aliphatic carbocycles. The number of amides is 1. The third kappa shape index (κ3) is 3.14. The molecule has 2 heterocycles. The number of benzene rings is 1. The van der Waals surface area contributed by atoms with Crippen LogP contribution in [0.1, 0.15) is 10.6 Å². The number of nitrogens with zero attached hydrogens (tertiary/aromatic N) is 2. The van der Waals surface area contributed by atoms with Gasteiger partial charge in [-0.3, -0.25) is 15.0 Å². The Morgan fingerprint density at radius 1 is 1.23 bits per heavy atom. The molecule has 1 aliphatic rings. The number of fused-ring (bicyclic) bond motifs is 1. The summed E-state index contributed by atoms with van der Waals surface area (Å²) in [6, 6.07) is 5.94. The van der Waals surface area contributed by atoms with Crippen molar-refractivity contribution in [2.45, 2.75) is 0 Å². The Kier molecular flexibility index (Phi) is 4.15. The molecule has 0 atom stereocenters. The summed E-state index contributed by atoms with van der Waals surface area (Å²) in [5.74, 6) is -0.419. The van der Waals surface area contributed by atoms with Crippen molar-refractivity contribution in [2.24, 2.45) is 0 Å². The molecule has 0 saturated carbocycles. The van der Waals surface area contributed by atoms with Crippen molar-refractivity contribution in [3.63, 3.8) is 0 Å². The minimum atomic E-state index is -0.418. The van der Waals surface area contributed by atoms with Gasteiger partial charge in [0.25, 0.3) is 0 Å². The van der Waals surface area contributed by atoms with E-state index >= 15 is 0 Å². The average molecular weight is 322 g/mol. The number of carbonyl (C=O) groups excluding carboxylic acids is 1. The van der Waals surface area contributed by atoms with Crippen LogP contribution in [0, 0.1) is 0 Å². The van der Waals surface area contributed by atoms with E-state index in [0.29, 0.717) is 16.0 Å². The van der Waals surface area contributed by atoms with Crippen LogP contribution in [0.5, 0.6) is 0 Å². The Morgan fingerprint density at radius 2 is 1.95 bits per heavy atom. The number of nitrogens with one attached hydrogen (secondary N) is 1.